The number of rotatable bonds is 5. The summed E-state index contributed by atoms with van der Waals surface area (Å²) in [5.41, 5.74) is 0. The molecule has 3 saturated heterocycles. The lowest BCUT2D eigenvalue weighted by atomic mass is 10.1. The Morgan fingerprint density at radius 2 is 1.96 bits per heavy atom. The second kappa shape index (κ2) is 7.73. The lowest BCUT2D eigenvalue weighted by Gasteiger charge is -2.24. The van der Waals surface area contributed by atoms with Crippen molar-refractivity contribution in [1.82, 2.24) is 15.3 Å². The zero-order valence-electron chi connectivity index (χ0n) is 14.7. The van der Waals surface area contributed by atoms with E-state index in [1.54, 1.807) is 12.3 Å². The maximum Gasteiger partial charge on any atom is 0.303 e. The second-order valence-electron chi connectivity index (χ2n) is 6.79. The second-order valence-corrected chi connectivity index (χ2v) is 6.79. The first-order valence-corrected chi connectivity index (χ1v) is 9.06. The monoisotopic (exact) mass is 364 g/mol. The zero-order valence-corrected chi connectivity index (χ0v) is 14.7. The molecular formula is C17H24N4O5. The van der Waals surface area contributed by atoms with E-state index in [-0.39, 0.29) is 30.4 Å². The number of carbonyl (C=O) groups excluding carboxylic acids is 1. The summed E-state index contributed by atoms with van der Waals surface area (Å²) in [6, 6.07) is 2.09. The first-order valence-electron chi connectivity index (χ1n) is 9.06. The minimum absolute atomic E-state index is 0.268. The molecule has 4 rings (SSSR count). The minimum atomic E-state index is -0.381. The van der Waals surface area contributed by atoms with E-state index in [2.05, 4.69) is 20.6 Å². The van der Waals surface area contributed by atoms with Gasteiger partial charge in [0.15, 0.2) is 12.2 Å². The van der Waals surface area contributed by atoms with Crippen LogP contribution < -0.4 is 15.4 Å². The number of carbonyl (C=O) groups is 1. The molecule has 3 fully saturated rings. The van der Waals surface area contributed by atoms with E-state index in [0.29, 0.717) is 31.1 Å². The fraction of sp³-hybridized carbons (Fsp3) is 0.706. The summed E-state index contributed by atoms with van der Waals surface area (Å²) < 4.78 is 22.7. The molecule has 0 unspecified atom stereocenters. The number of esters is 1. The lowest BCUT2D eigenvalue weighted by Crippen LogP contribution is -2.36. The molecule has 3 aliphatic heterocycles. The number of hydrogen-bond donors (Lipinski definition) is 2. The van der Waals surface area contributed by atoms with Gasteiger partial charge >= 0.3 is 5.97 Å². The van der Waals surface area contributed by atoms with Gasteiger partial charge in [0.05, 0.1) is 13.2 Å². The van der Waals surface area contributed by atoms with Crippen LogP contribution in [-0.2, 0) is 19.0 Å². The third-order valence-corrected chi connectivity index (χ3v) is 4.85. The molecule has 1 aromatic heterocycles. The molecule has 3 aliphatic rings. The van der Waals surface area contributed by atoms with Gasteiger partial charge in [0.1, 0.15) is 12.2 Å². The molecule has 4 heterocycles. The summed E-state index contributed by atoms with van der Waals surface area (Å²) >= 11 is 0. The van der Waals surface area contributed by atoms with Crippen LogP contribution in [0, 0.1) is 0 Å². The average molecular weight is 364 g/mol. The van der Waals surface area contributed by atoms with Gasteiger partial charge in [-0.3, -0.25) is 4.79 Å². The van der Waals surface area contributed by atoms with Gasteiger partial charge < -0.3 is 29.6 Å². The van der Waals surface area contributed by atoms with Crippen LogP contribution in [0.1, 0.15) is 19.8 Å². The van der Waals surface area contributed by atoms with Crippen molar-refractivity contribution in [2.75, 3.05) is 31.6 Å². The van der Waals surface area contributed by atoms with E-state index in [1.807, 2.05) is 0 Å². The first-order chi connectivity index (χ1) is 12.7. The van der Waals surface area contributed by atoms with Crippen molar-refractivity contribution in [3.8, 4) is 5.88 Å². The predicted octanol–water partition coefficient (Wildman–Crippen LogP) is 0.117. The van der Waals surface area contributed by atoms with E-state index in [0.717, 1.165) is 25.9 Å². The van der Waals surface area contributed by atoms with Gasteiger partial charge in [-0.05, 0) is 25.9 Å². The Kier molecular flexibility index (Phi) is 5.18. The standard InChI is InChI=1S/C17H24N4O5/c1-10(22)25-12-8-23-16-13(9-24-15(12)16)26-14-4-7-19-17(21-14)20-11-2-5-18-6-3-11/h4,7,11-13,15-16,18H,2-3,5-6,8-9H2,1H3,(H,19,20,21)/t12-,13-,15+,16+/m0/s1. The van der Waals surface area contributed by atoms with Gasteiger partial charge in [-0.1, -0.05) is 0 Å². The molecule has 0 saturated carbocycles. The van der Waals surface area contributed by atoms with E-state index in [1.165, 1.54) is 6.92 Å². The molecule has 0 aliphatic carbocycles. The molecule has 4 atom stereocenters. The van der Waals surface area contributed by atoms with Gasteiger partial charge in [-0.25, -0.2) is 4.98 Å². The number of nitrogens with zero attached hydrogens (tertiary/aromatic N) is 2. The third-order valence-electron chi connectivity index (χ3n) is 4.85. The summed E-state index contributed by atoms with van der Waals surface area (Å²) in [5.74, 6) is 0.705. The van der Waals surface area contributed by atoms with Crippen molar-refractivity contribution < 1.29 is 23.7 Å². The van der Waals surface area contributed by atoms with Crippen LogP contribution >= 0.6 is 0 Å². The van der Waals surface area contributed by atoms with Crippen molar-refractivity contribution >= 4 is 11.9 Å². The maximum atomic E-state index is 11.2. The van der Waals surface area contributed by atoms with Gasteiger partial charge in [0.2, 0.25) is 11.8 Å². The van der Waals surface area contributed by atoms with Crippen LogP contribution in [0.4, 0.5) is 5.95 Å². The van der Waals surface area contributed by atoms with Crippen LogP contribution in [-0.4, -0.2) is 72.7 Å². The third kappa shape index (κ3) is 3.89. The van der Waals surface area contributed by atoms with E-state index in [9.17, 15) is 4.79 Å². The topological polar surface area (TPSA) is 104 Å². The normalized spacial score (nSPS) is 31.4. The Labute approximate surface area is 151 Å². The molecule has 0 spiro atoms. The summed E-state index contributed by atoms with van der Waals surface area (Å²) in [7, 11) is 0. The molecule has 9 nitrogen and oxygen atoms in total. The molecule has 26 heavy (non-hydrogen) atoms. The summed E-state index contributed by atoms with van der Waals surface area (Å²) in [5, 5.41) is 6.69. The van der Waals surface area contributed by atoms with Gasteiger partial charge in [-0.15, -0.1) is 0 Å². The van der Waals surface area contributed by atoms with Crippen molar-refractivity contribution in [1.29, 1.82) is 0 Å². The Morgan fingerprint density at radius 1 is 1.23 bits per heavy atom. The fourth-order valence-electron chi connectivity index (χ4n) is 3.63. The quantitative estimate of drug-likeness (QED) is 0.705. The Morgan fingerprint density at radius 3 is 2.73 bits per heavy atom. The molecule has 1 aromatic rings. The van der Waals surface area contributed by atoms with E-state index >= 15 is 0 Å². The highest BCUT2D eigenvalue weighted by Crippen LogP contribution is 2.31. The largest absolute Gasteiger partial charge is 0.469 e. The lowest BCUT2D eigenvalue weighted by molar-refractivity contribution is -0.150. The Bertz CT molecular complexity index is 639. The van der Waals surface area contributed by atoms with Crippen LogP contribution in [0.5, 0.6) is 5.88 Å². The molecule has 9 heteroatoms. The van der Waals surface area contributed by atoms with Crippen LogP contribution in [0.25, 0.3) is 0 Å². The van der Waals surface area contributed by atoms with Gasteiger partial charge in [0.25, 0.3) is 0 Å². The zero-order chi connectivity index (χ0) is 17.9. The molecule has 0 amide bonds. The van der Waals surface area contributed by atoms with Crippen molar-refractivity contribution in [2.24, 2.45) is 0 Å². The highest BCUT2D eigenvalue weighted by molar-refractivity contribution is 5.66. The number of anilines is 1. The number of piperidine rings is 1. The first kappa shape index (κ1) is 17.4. The van der Waals surface area contributed by atoms with Gasteiger partial charge in [-0.2, -0.15) is 4.98 Å². The number of hydrogen-bond acceptors (Lipinski definition) is 9. The summed E-state index contributed by atoms with van der Waals surface area (Å²) in [6.07, 6.45) is 2.53. The fourth-order valence-corrected chi connectivity index (χ4v) is 3.63. The van der Waals surface area contributed by atoms with Crippen LogP contribution in [0.15, 0.2) is 12.3 Å². The van der Waals surface area contributed by atoms with E-state index < -0.39 is 0 Å². The number of nitrogens with one attached hydrogen (secondary N) is 2. The highest BCUT2D eigenvalue weighted by Gasteiger charge is 2.50. The molecule has 2 N–H and O–H groups in total. The highest BCUT2D eigenvalue weighted by atomic mass is 16.7. The molecule has 142 valence electrons. The molecule has 0 radical (unpaired) electrons. The van der Waals surface area contributed by atoms with Crippen molar-refractivity contribution in [2.45, 2.75) is 50.2 Å². The summed E-state index contributed by atoms with van der Waals surface area (Å²) in [4.78, 5) is 19.9. The van der Waals surface area contributed by atoms with E-state index in [4.69, 9.17) is 18.9 Å². The molecule has 0 bridgehead atoms. The average Bonchev–Trinajstić information content (AvgIpc) is 3.20. The SMILES string of the molecule is CC(=O)O[C@H]1CO[C@H]2[C@@H]1OC[C@@H]2Oc1ccnc(NC2CCNCC2)n1. The summed E-state index contributed by atoms with van der Waals surface area (Å²) in [6.45, 7) is 4.07. The Balaban J connectivity index is 1.36. The van der Waals surface area contributed by atoms with Crippen molar-refractivity contribution in [3.05, 3.63) is 12.3 Å². The molecule has 0 aromatic carbocycles. The number of fused-ring (bicyclic) bond motifs is 1. The predicted molar refractivity (Wildman–Crippen MR) is 91.0 cm³/mol. The van der Waals surface area contributed by atoms with Crippen LogP contribution in [0.2, 0.25) is 0 Å². The number of aromatic nitrogens is 2. The van der Waals surface area contributed by atoms with Crippen molar-refractivity contribution in [3.63, 3.8) is 0 Å². The van der Waals surface area contributed by atoms with Gasteiger partial charge in [0, 0.05) is 25.2 Å². The van der Waals surface area contributed by atoms with Crippen LogP contribution in [0.3, 0.4) is 0 Å². The number of ether oxygens (including phenoxy) is 4. The maximum absolute atomic E-state index is 11.2. The Hall–Kier alpha value is -1.97. The minimum Gasteiger partial charge on any atom is -0.469 e. The smallest absolute Gasteiger partial charge is 0.303 e. The molecular weight excluding hydrogens is 340 g/mol.